The summed E-state index contributed by atoms with van der Waals surface area (Å²) in [5.41, 5.74) is 5.77. The van der Waals surface area contributed by atoms with Crippen molar-refractivity contribution in [2.24, 2.45) is 0 Å². The van der Waals surface area contributed by atoms with E-state index in [1.165, 1.54) is 45.9 Å². The molecule has 0 bridgehead atoms. The molecule has 0 saturated carbocycles. The SMILES string of the molecule is COc1ccc(-c2nn(C(C)c3nc4cccc(Cl)c4c(=O)n3N3CCN(CC(F)(F)F)CC3)c3ncnc(N)c23)c(F)c1F. The van der Waals surface area contributed by atoms with Crippen LogP contribution in [0.1, 0.15) is 18.8 Å². The molecule has 6 rings (SSSR count). The largest absolute Gasteiger partial charge is 0.494 e. The van der Waals surface area contributed by atoms with Gasteiger partial charge in [0.25, 0.3) is 5.56 Å². The van der Waals surface area contributed by atoms with E-state index in [0.717, 1.165) is 0 Å². The molecule has 1 unspecified atom stereocenters. The second-order valence-electron chi connectivity index (χ2n) is 10.4. The maximum absolute atomic E-state index is 15.3. The van der Waals surface area contributed by atoms with Crippen LogP contribution in [0.25, 0.3) is 33.2 Å². The molecule has 11 nitrogen and oxygen atoms in total. The zero-order chi connectivity index (χ0) is 32.2. The number of fused-ring (bicyclic) bond motifs is 2. The zero-order valence-corrected chi connectivity index (χ0v) is 24.6. The third-order valence-corrected chi connectivity index (χ3v) is 7.98. The van der Waals surface area contributed by atoms with Gasteiger partial charge in [-0.15, -0.1) is 0 Å². The normalized spacial score (nSPS) is 15.2. The molecule has 45 heavy (non-hydrogen) atoms. The Kier molecular flexibility index (Phi) is 7.72. The number of nitrogen functional groups attached to an aromatic ring is 1. The van der Waals surface area contributed by atoms with E-state index in [-0.39, 0.29) is 81.8 Å². The van der Waals surface area contributed by atoms with Gasteiger partial charge in [0, 0.05) is 31.7 Å². The highest BCUT2D eigenvalue weighted by atomic mass is 35.5. The van der Waals surface area contributed by atoms with Crippen molar-refractivity contribution in [1.82, 2.24) is 34.3 Å². The Labute approximate surface area is 256 Å². The van der Waals surface area contributed by atoms with Gasteiger partial charge < -0.3 is 15.5 Å². The molecule has 1 fully saturated rings. The summed E-state index contributed by atoms with van der Waals surface area (Å²) in [7, 11) is 1.20. The Morgan fingerprint density at radius 2 is 1.78 bits per heavy atom. The summed E-state index contributed by atoms with van der Waals surface area (Å²) in [5.74, 6) is -2.68. The molecule has 0 spiro atoms. The van der Waals surface area contributed by atoms with Gasteiger partial charge in [0.05, 0.1) is 35.0 Å². The van der Waals surface area contributed by atoms with E-state index in [0.29, 0.717) is 0 Å². The van der Waals surface area contributed by atoms with Gasteiger partial charge in [0.2, 0.25) is 5.82 Å². The summed E-state index contributed by atoms with van der Waals surface area (Å²) in [6, 6.07) is 6.40. The van der Waals surface area contributed by atoms with E-state index in [1.54, 1.807) is 24.1 Å². The Hall–Kier alpha value is -4.57. The predicted molar refractivity (Wildman–Crippen MR) is 157 cm³/mol. The molecule has 0 radical (unpaired) electrons. The lowest BCUT2D eigenvalue weighted by Gasteiger charge is -2.38. The molecule has 236 valence electrons. The number of alkyl halides is 3. The lowest BCUT2D eigenvalue weighted by atomic mass is 10.1. The van der Waals surface area contributed by atoms with Crippen LogP contribution in [0.3, 0.4) is 0 Å². The van der Waals surface area contributed by atoms with Gasteiger partial charge in [-0.25, -0.2) is 28.7 Å². The van der Waals surface area contributed by atoms with Gasteiger partial charge >= 0.3 is 6.18 Å². The van der Waals surface area contributed by atoms with Gasteiger partial charge in [0.15, 0.2) is 23.0 Å². The fourth-order valence-corrected chi connectivity index (χ4v) is 5.78. The second kappa shape index (κ2) is 11.4. The molecule has 2 N–H and O–H groups in total. The van der Waals surface area contributed by atoms with Crippen LogP contribution in [0.5, 0.6) is 5.75 Å². The van der Waals surface area contributed by atoms with Gasteiger partial charge in [-0.05, 0) is 31.2 Å². The monoisotopic (exact) mass is 649 g/mol. The second-order valence-corrected chi connectivity index (χ2v) is 10.8. The van der Waals surface area contributed by atoms with Crippen molar-refractivity contribution in [2.75, 3.05) is 50.6 Å². The Bertz CT molecular complexity index is 1990. The van der Waals surface area contributed by atoms with Crippen molar-refractivity contribution in [3.8, 4) is 17.0 Å². The lowest BCUT2D eigenvalue weighted by Crippen LogP contribution is -2.56. The van der Waals surface area contributed by atoms with Crippen LogP contribution in [0.4, 0.5) is 27.8 Å². The summed E-state index contributed by atoms with van der Waals surface area (Å²) < 4.78 is 76.7. The Balaban J connectivity index is 1.52. The highest BCUT2D eigenvalue weighted by Crippen LogP contribution is 2.36. The molecule has 1 aliphatic rings. The minimum absolute atomic E-state index is 0.0290. The maximum Gasteiger partial charge on any atom is 0.401 e. The number of piperazine rings is 1. The average Bonchev–Trinajstić information content (AvgIpc) is 3.38. The summed E-state index contributed by atoms with van der Waals surface area (Å²) in [6.07, 6.45) is -3.19. The van der Waals surface area contributed by atoms with Crippen LogP contribution in [0.2, 0.25) is 5.02 Å². The number of anilines is 1. The van der Waals surface area contributed by atoms with E-state index in [9.17, 15) is 22.4 Å². The molecule has 17 heteroatoms. The number of rotatable bonds is 6. The van der Waals surface area contributed by atoms with Crippen LogP contribution in [0.15, 0.2) is 41.5 Å². The number of methoxy groups -OCH3 is 1. The van der Waals surface area contributed by atoms with Gasteiger partial charge in [0.1, 0.15) is 23.9 Å². The van der Waals surface area contributed by atoms with Crippen molar-refractivity contribution < 1.29 is 26.7 Å². The molecule has 0 amide bonds. The van der Waals surface area contributed by atoms with E-state index >= 15 is 4.39 Å². The third-order valence-electron chi connectivity index (χ3n) is 7.66. The fraction of sp³-hybridized carbons (Fsp3) is 0.321. The number of halogens is 6. The number of nitrogens with zero attached hydrogens (tertiary/aromatic N) is 8. The first-order chi connectivity index (χ1) is 21.4. The molecular formula is C28H25ClF5N9O2. The number of ether oxygens (including phenoxy) is 1. The van der Waals surface area contributed by atoms with Crippen LogP contribution in [-0.2, 0) is 0 Å². The lowest BCUT2D eigenvalue weighted by molar-refractivity contribution is -0.146. The van der Waals surface area contributed by atoms with Crippen molar-refractivity contribution in [3.05, 3.63) is 69.5 Å². The Morgan fingerprint density at radius 1 is 1.04 bits per heavy atom. The Morgan fingerprint density at radius 3 is 2.47 bits per heavy atom. The van der Waals surface area contributed by atoms with Crippen LogP contribution < -0.4 is 21.0 Å². The summed E-state index contributed by atoms with van der Waals surface area (Å²) in [5, 5.41) is 6.58. The van der Waals surface area contributed by atoms with Gasteiger partial charge in [-0.1, -0.05) is 17.7 Å². The van der Waals surface area contributed by atoms with Crippen LogP contribution in [0, 0.1) is 11.6 Å². The number of benzene rings is 2. The van der Waals surface area contributed by atoms with E-state index in [4.69, 9.17) is 27.1 Å². The molecule has 1 atom stereocenters. The van der Waals surface area contributed by atoms with E-state index in [2.05, 4.69) is 15.1 Å². The molecular weight excluding hydrogens is 625 g/mol. The van der Waals surface area contributed by atoms with E-state index in [1.807, 2.05) is 0 Å². The smallest absolute Gasteiger partial charge is 0.401 e. The topological polar surface area (TPSA) is 120 Å². The molecule has 0 aliphatic carbocycles. The summed E-state index contributed by atoms with van der Waals surface area (Å²) in [6.45, 7) is 0.789. The minimum atomic E-state index is -4.37. The maximum atomic E-state index is 15.3. The quantitative estimate of drug-likeness (QED) is 0.271. The number of aromatic nitrogens is 6. The molecule has 2 aromatic carbocycles. The molecule has 1 saturated heterocycles. The summed E-state index contributed by atoms with van der Waals surface area (Å²) >= 11 is 6.41. The first-order valence-electron chi connectivity index (χ1n) is 13.7. The zero-order valence-electron chi connectivity index (χ0n) is 23.8. The standard InChI is InChI=1S/C28H25ClF5N9O2/c1-14(42-26-20(24(35)36-13-37-26)23(39-42)15-6-7-18(45-2)22(31)21(15)30)25-38-17-5-3-4-16(29)19(17)27(44)43(25)41-10-8-40(9-11-41)12-28(32,33)34/h3-7,13-14H,8-12H2,1-2H3,(H2,35,36,37). The minimum Gasteiger partial charge on any atom is -0.494 e. The van der Waals surface area contributed by atoms with Gasteiger partial charge in [-0.2, -0.15) is 22.7 Å². The first-order valence-corrected chi connectivity index (χ1v) is 14.0. The molecule has 1 aliphatic heterocycles. The first kappa shape index (κ1) is 30.5. The average molecular weight is 650 g/mol. The van der Waals surface area contributed by atoms with E-state index < -0.39 is 36.0 Å². The number of nitrogens with two attached hydrogens (primary N) is 1. The highest BCUT2D eigenvalue weighted by Gasteiger charge is 2.34. The molecule has 5 aromatic rings. The van der Waals surface area contributed by atoms with Crippen LogP contribution in [-0.4, -0.2) is 80.3 Å². The third kappa shape index (κ3) is 5.37. The number of hydrogen-bond donors (Lipinski definition) is 1. The summed E-state index contributed by atoms with van der Waals surface area (Å²) in [4.78, 5) is 28.3. The number of hydrogen-bond acceptors (Lipinski definition) is 9. The van der Waals surface area contributed by atoms with Crippen molar-refractivity contribution >= 4 is 39.4 Å². The van der Waals surface area contributed by atoms with Crippen molar-refractivity contribution in [3.63, 3.8) is 0 Å². The van der Waals surface area contributed by atoms with Crippen molar-refractivity contribution in [1.29, 1.82) is 0 Å². The van der Waals surface area contributed by atoms with Crippen molar-refractivity contribution in [2.45, 2.75) is 19.1 Å². The van der Waals surface area contributed by atoms with Gasteiger partial charge in [-0.3, -0.25) is 9.69 Å². The van der Waals surface area contributed by atoms with Crippen LogP contribution >= 0.6 is 11.6 Å². The fourth-order valence-electron chi connectivity index (χ4n) is 5.53. The molecule has 3 aromatic heterocycles. The highest BCUT2D eigenvalue weighted by molar-refractivity contribution is 6.35. The predicted octanol–water partition coefficient (Wildman–Crippen LogP) is 4.15. The molecule has 4 heterocycles.